The Morgan fingerprint density at radius 3 is 2.12 bits per heavy atom. The van der Waals surface area contributed by atoms with Gasteiger partial charge in [-0.2, -0.15) is 0 Å². The number of halogens is 2. The van der Waals surface area contributed by atoms with E-state index in [4.69, 9.17) is 27.9 Å². The van der Waals surface area contributed by atoms with Crippen LogP contribution in [0.25, 0.3) is 0 Å². The summed E-state index contributed by atoms with van der Waals surface area (Å²) in [6, 6.07) is 19.8. The molecule has 0 aliphatic heterocycles. The molecule has 0 bridgehead atoms. The minimum absolute atomic E-state index is 0.0477. The van der Waals surface area contributed by atoms with Crippen LogP contribution in [0.15, 0.2) is 72.8 Å². The molecule has 3 rings (SSSR count). The highest BCUT2D eigenvalue weighted by Gasteiger charge is 2.34. The molecule has 0 saturated heterocycles. The molecule has 11 heteroatoms. The minimum atomic E-state index is -3.93. The topological polar surface area (TPSA) is 96.0 Å². The summed E-state index contributed by atoms with van der Waals surface area (Å²) in [7, 11) is -2.48. The van der Waals surface area contributed by atoms with E-state index in [-0.39, 0.29) is 29.6 Å². The molecule has 220 valence electrons. The van der Waals surface area contributed by atoms with Crippen LogP contribution in [-0.2, 0) is 32.6 Å². The van der Waals surface area contributed by atoms with Crippen LogP contribution in [0.5, 0.6) is 5.75 Å². The van der Waals surface area contributed by atoms with Gasteiger partial charge in [-0.15, -0.1) is 0 Å². The fourth-order valence-electron chi connectivity index (χ4n) is 4.22. The van der Waals surface area contributed by atoms with Crippen molar-refractivity contribution < 1.29 is 22.7 Å². The van der Waals surface area contributed by atoms with Gasteiger partial charge in [-0.05, 0) is 62.2 Å². The third-order valence-corrected chi connectivity index (χ3v) is 7.83. The Labute approximate surface area is 252 Å². The zero-order valence-electron chi connectivity index (χ0n) is 23.7. The van der Waals surface area contributed by atoms with Gasteiger partial charge in [0, 0.05) is 23.5 Å². The summed E-state index contributed by atoms with van der Waals surface area (Å²) in [6.45, 7) is 5.06. The van der Waals surface area contributed by atoms with Crippen LogP contribution < -0.4 is 14.4 Å². The first kappa shape index (κ1) is 32.2. The number of nitrogens with one attached hydrogen (secondary N) is 1. The summed E-state index contributed by atoms with van der Waals surface area (Å²) in [5.41, 5.74) is 1.19. The summed E-state index contributed by atoms with van der Waals surface area (Å²) in [5, 5.41) is 3.70. The fraction of sp³-hybridized carbons (Fsp3) is 0.333. The van der Waals surface area contributed by atoms with Gasteiger partial charge in [-0.3, -0.25) is 13.9 Å². The number of sulfonamides is 1. The van der Waals surface area contributed by atoms with Crippen LogP contribution in [0.2, 0.25) is 10.0 Å². The number of carbonyl (C=O) groups excluding carboxylic acids is 2. The Hall–Kier alpha value is -3.27. The summed E-state index contributed by atoms with van der Waals surface area (Å²) < 4.78 is 32.0. The van der Waals surface area contributed by atoms with E-state index in [2.05, 4.69) is 5.32 Å². The number of anilines is 1. The van der Waals surface area contributed by atoms with E-state index in [1.54, 1.807) is 24.3 Å². The molecule has 0 saturated carbocycles. The maximum Gasteiger partial charge on any atom is 0.244 e. The molecule has 0 aliphatic rings. The SMILES string of the molecule is COc1ccc(N(CC(=O)N(Cc2ccc(Cl)cc2)[C@@H](Cc2ccccc2)C(=O)NC(C)(C)C)S(C)(=O)=O)cc1Cl. The second-order valence-electron chi connectivity index (χ2n) is 10.7. The molecule has 0 spiro atoms. The quantitative estimate of drug-likeness (QED) is 0.313. The van der Waals surface area contributed by atoms with Gasteiger partial charge < -0.3 is 15.0 Å². The number of hydrogen-bond donors (Lipinski definition) is 1. The zero-order valence-corrected chi connectivity index (χ0v) is 26.1. The number of rotatable bonds is 11. The molecule has 2 amide bonds. The molecule has 1 atom stereocenters. The Morgan fingerprint density at radius 2 is 1.59 bits per heavy atom. The zero-order chi connectivity index (χ0) is 30.4. The lowest BCUT2D eigenvalue weighted by molar-refractivity contribution is -0.140. The van der Waals surface area contributed by atoms with E-state index in [9.17, 15) is 18.0 Å². The van der Waals surface area contributed by atoms with Crippen molar-refractivity contribution in [1.29, 1.82) is 0 Å². The lowest BCUT2D eigenvalue weighted by Crippen LogP contribution is -2.56. The molecule has 0 heterocycles. The monoisotopic (exact) mass is 619 g/mol. The fourth-order valence-corrected chi connectivity index (χ4v) is 5.44. The van der Waals surface area contributed by atoms with Crippen molar-refractivity contribution >= 4 is 50.7 Å². The Morgan fingerprint density at radius 1 is 0.951 bits per heavy atom. The molecule has 8 nitrogen and oxygen atoms in total. The van der Waals surface area contributed by atoms with E-state index in [1.165, 1.54) is 30.2 Å². The van der Waals surface area contributed by atoms with Crippen LogP contribution in [0.3, 0.4) is 0 Å². The van der Waals surface area contributed by atoms with E-state index < -0.39 is 34.1 Å². The average molecular weight is 621 g/mol. The van der Waals surface area contributed by atoms with Crippen molar-refractivity contribution in [2.45, 2.75) is 45.3 Å². The predicted molar refractivity (Wildman–Crippen MR) is 164 cm³/mol. The highest BCUT2D eigenvalue weighted by atomic mass is 35.5. The third-order valence-electron chi connectivity index (χ3n) is 6.14. The summed E-state index contributed by atoms with van der Waals surface area (Å²) >= 11 is 12.4. The van der Waals surface area contributed by atoms with Gasteiger partial charge in [0.2, 0.25) is 21.8 Å². The van der Waals surface area contributed by atoms with Crippen LogP contribution in [-0.4, -0.2) is 56.6 Å². The van der Waals surface area contributed by atoms with Gasteiger partial charge in [-0.1, -0.05) is 65.7 Å². The average Bonchev–Trinajstić information content (AvgIpc) is 2.89. The maximum absolute atomic E-state index is 14.1. The Bertz CT molecular complexity index is 1460. The van der Waals surface area contributed by atoms with Gasteiger partial charge in [0.25, 0.3) is 0 Å². The maximum atomic E-state index is 14.1. The number of benzene rings is 3. The molecule has 0 fully saturated rings. The third kappa shape index (κ3) is 9.38. The Kier molecular flexibility index (Phi) is 10.7. The summed E-state index contributed by atoms with van der Waals surface area (Å²) in [5.74, 6) is -0.564. The van der Waals surface area contributed by atoms with Gasteiger partial charge >= 0.3 is 0 Å². The molecule has 41 heavy (non-hydrogen) atoms. The molecule has 0 aliphatic carbocycles. The first-order chi connectivity index (χ1) is 19.2. The predicted octanol–water partition coefficient (Wildman–Crippen LogP) is 5.32. The van der Waals surface area contributed by atoms with Gasteiger partial charge in [0.1, 0.15) is 18.3 Å². The summed E-state index contributed by atoms with van der Waals surface area (Å²) in [4.78, 5) is 29.3. The molecule has 3 aromatic rings. The van der Waals surface area contributed by atoms with Crippen molar-refractivity contribution in [3.05, 3.63) is 94.0 Å². The number of methoxy groups -OCH3 is 1. The van der Waals surface area contributed by atoms with Crippen LogP contribution in [0.1, 0.15) is 31.9 Å². The summed E-state index contributed by atoms with van der Waals surface area (Å²) in [6.07, 6.45) is 1.23. The number of hydrogen-bond acceptors (Lipinski definition) is 5. The Balaban J connectivity index is 2.08. The lowest BCUT2D eigenvalue weighted by atomic mass is 10.0. The molecular formula is C30H35Cl2N3O5S. The van der Waals surface area contributed by atoms with Crippen LogP contribution >= 0.6 is 23.2 Å². The van der Waals surface area contributed by atoms with Crippen molar-refractivity contribution in [1.82, 2.24) is 10.2 Å². The molecular weight excluding hydrogens is 585 g/mol. The van der Waals surface area contributed by atoms with Gasteiger partial charge in [-0.25, -0.2) is 8.42 Å². The van der Waals surface area contributed by atoms with E-state index in [1.807, 2.05) is 51.1 Å². The molecule has 0 aromatic heterocycles. The van der Waals surface area contributed by atoms with Crippen molar-refractivity contribution in [3.63, 3.8) is 0 Å². The number of amides is 2. The van der Waals surface area contributed by atoms with Crippen molar-refractivity contribution in [3.8, 4) is 5.75 Å². The van der Waals surface area contributed by atoms with Gasteiger partial charge in [0.05, 0.1) is 24.1 Å². The first-order valence-corrected chi connectivity index (χ1v) is 15.5. The highest BCUT2D eigenvalue weighted by Crippen LogP contribution is 2.30. The van der Waals surface area contributed by atoms with Crippen molar-refractivity contribution in [2.24, 2.45) is 0 Å². The molecule has 1 N–H and O–H groups in total. The lowest BCUT2D eigenvalue weighted by Gasteiger charge is -2.35. The molecule has 0 radical (unpaired) electrons. The number of carbonyl (C=O) groups is 2. The van der Waals surface area contributed by atoms with Gasteiger partial charge in [0.15, 0.2) is 0 Å². The highest BCUT2D eigenvalue weighted by molar-refractivity contribution is 7.92. The molecule has 3 aromatic carbocycles. The largest absolute Gasteiger partial charge is 0.495 e. The minimum Gasteiger partial charge on any atom is -0.495 e. The standard InChI is InChI=1S/C30H35Cl2N3O5S/c1-30(2,3)33-29(37)26(17-21-9-7-6-8-10-21)34(19-22-11-13-23(31)14-12-22)28(36)20-35(41(5,38)39)24-15-16-27(40-4)25(32)18-24/h6-16,18,26H,17,19-20H2,1-5H3,(H,33,37)/t26-/m0/s1. The van der Waals surface area contributed by atoms with E-state index in [0.29, 0.717) is 10.8 Å². The second kappa shape index (κ2) is 13.6. The number of ether oxygens (including phenoxy) is 1. The van der Waals surface area contributed by atoms with E-state index in [0.717, 1.165) is 21.7 Å². The normalized spacial score (nSPS) is 12.4. The number of nitrogens with zero attached hydrogens (tertiary/aromatic N) is 2. The molecule has 0 unspecified atom stereocenters. The van der Waals surface area contributed by atoms with E-state index >= 15 is 0 Å². The second-order valence-corrected chi connectivity index (χ2v) is 13.4. The van der Waals surface area contributed by atoms with Crippen molar-refractivity contribution in [2.75, 3.05) is 24.2 Å². The first-order valence-electron chi connectivity index (χ1n) is 12.9. The van der Waals surface area contributed by atoms with Crippen LogP contribution in [0.4, 0.5) is 5.69 Å². The van der Waals surface area contributed by atoms with Crippen LogP contribution in [0, 0.1) is 0 Å². The smallest absolute Gasteiger partial charge is 0.244 e.